The predicted molar refractivity (Wildman–Crippen MR) is 65.9 cm³/mol. The first kappa shape index (κ1) is 11.7. The Labute approximate surface area is 104 Å². The van der Waals surface area contributed by atoms with E-state index in [2.05, 4.69) is 6.92 Å². The Bertz CT molecular complexity index is 355. The van der Waals surface area contributed by atoms with Crippen LogP contribution in [0.25, 0.3) is 0 Å². The number of thiophene rings is 1. The van der Waals surface area contributed by atoms with Gasteiger partial charge >= 0.3 is 0 Å². The van der Waals surface area contributed by atoms with Crippen LogP contribution in [0.2, 0.25) is 8.67 Å². The van der Waals surface area contributed by atoms with Crippen LogP contribution >= 0.6 is 34.5 Å². The van der Waals surface area contributed by atoms with Crippen molar-refractivity contribution in [1.29, 1.82) is 0 Å². The van der Waals surface area contributed by atoms with Crippen molar-refractivity contribution in [3.05, 3.63) is 20.3 Å². The lowest BCUT2D eigenvalue weighted by atomic mass is 9.80. The van der Waals surface area contributed by atoms with Crippen LogP contribution in [-0.4, -0.2) is 5.11 Å². The van der Waals surface area contributed by atoms with E-state index < -0.39 is 6.10 Å². The molecule has 1 unspecified atom stereocenters. The fourth-order valence-electron chi connectivity index (χ4n) is 2.37. The Hall–Kier alpha value is 0.240. The summed E-state index contributed by atoms with van der Waals surface area (Å²) in [5, 5.41) is 10.3. The van der Waals surface area contributed by atoms with Crippen molar-refractivity contribution in [3.8, 4) is 0 Å². The quantitative estimate of drug-likeness (QED) is 0.823. The van der Waals surface area contributed by atoms with Crippen molar-refractivity contribution >= 4 is 34.5 Å². The summed E-state index contributed by atoms with van der Waals surface area (Å²) >= 11 is 13.3. The first-order valence-corrected chi connectivity index (χ1v) is 6.73. The number of aliphatic hydroxyl groups excluding tert-OH is 1. The molecule has 4 heteroatoms. The minimum Gasteiger partial charge on any atom is -0.388 e. The number of halogens is 2. The molecule has 0 aliphatic heterocycles. The van der Waals surface area contributed by atoms with Crippen LogP contribution in [0, 0.1) is 5.41 Å². The molecule has 1 saturated carbocycles. The van der Waals surface area contributed by atoms with Crippen LogP contribution in [0.4, 0.5) is 0 Å². The maximum absolute atomic E-state index is 10.3. The molecule has 15 heavy (non-hydrogen) atoms. The van der Waals surface area contributed by atoms with Crippen molar-refractivity contribution in [2.45, 2.75) is 38.7 Å². The summed E-state index contributed by atoms with van der Waals surface area (Å²) < 4.78 is 1.27. The second kappa shape index (κ2) is 4.25. The molecule has 1 heterocycles. The molecule has 0 amide bonds. The van der Waals surface area contributed by atoms with E-state index >= 15 is 0 Å². The maximum Gasteiger partial charge on any atom is 0.100 e. The lowest BCUT2D eigenvalue weighted by Gasteiger charge is -2.29. The fraction of sp³-hybridized carbons (Fsp3) is 0.636. The van der Waals surface area contributed by atoms with Crippen molar-refractivity contribution < 1.29 is 5.11 Å². The lowest BCUT2D eigenvalue weighted by molar-refractivity contribution is 0.0412. The van der Waals surface area contributed by atoms with E-state index in [0.717, 1.165) is 18.4 Å². The number of rotatable bonds is 2. The molecule has 1 atom stereocenters. The zero-order valence-electron chi connectivity index (χ0n) is 8.59. The summed E-state index contributed by atoms with van der Waals surface area (Å²) in [6.07, 6.45) is 4.05. The fourth-order valence-corrected chi connectivity index (χ4v) is 3.89. The molecule has 0 radical (unpaired) electrons. The highest BCUT2D eigenvalue weighted by atomic mass is 35.5. The first-order chi connectivity index (χ1) is 7.03. The van der Waals surface area contributed by atoms with Crippen LogP contribution in [0.15, 0.2) is 6.07 Å². The second-order valence-corrected chi connectivity index (χ2v) is 6.83. The van der Waals surface area contributed by atoms with E-state index in [1.54, 1.807) is 6.07 Å². The van der Waals surface area contributed by atoms with E-state index in [4.69, 9.17) is 23.2 Å². The van der Waals surface area contributed by atoms with Crippen LogP contribution in [0.1, 0.15) is 44.3 Å². The molecule has 1 aromatic heterocycles. The Morgan fingerprint density at radius 3 is 2.47 bits per heavy atom. The highest BCUT2D eigenvalue weighted by Gasteiger charge is 2.38. The maximum atomic E-state index is 10.3. The van der Waals surface area contributed by atoms with Crippen molar-refractivity contribution in [3.63, 3.8) is 0 Å². The van der Waals surface area contributed by atoms with E-state index in [0.29, 0.717) is 8.67 Å². The van der Waals surface area contributed by atoms with E-state index in [9.17, 15) is 5.11 Å². The van der Waals surface area contributed by atoms with Gasteiger partial charge in [-0.05, 0) is 24.3 Å². The van der Waals surface area contributed by atoms with Crippen molar-refractivity contribution in [1.82, 2.24) is 0 Å². The second-order valence-electron chi connectivity index (χ2n) is 4.54. The van der Waals surface area contributed by atoms with Gasteiger partial charge in [0.25, 0.3) is 0 Å². The Balaban J connectivity index is 2.27. The summed E-state index contributed by atoms with van der Waals surface area (Å²) in [5.74, 6) is 0. The molecular weight excluding hydrogens is 251 g/mol. The monoisotopic (exact) mass is 264 g/mol. The molecule has 1 fully saturated rings. The highest BCUT2D eigenvalue weighted by molar-refractivity contribution is 7.20. The first-order valence-electron chi connectivity index (χ1n) is 5.16. The average Bonchev–Trinajstić information content (AvgIpc) is 2.73. The van der Waals surface area contributed by atoms with Gasteiger partial charge < -0.3 is 5.11 Å². The van der Waals surface area contributed by atoms with Gasteiger partial charge in [-0.2, -0.15) is 0 Å². The minimum absolute atomic E-state index is 0.0198. The lowest BCUT2D eigenvalue weighted by Crippen LogP contribution is -2.21. The molecule has 1 aliphatic rings. The summed E-state index contributed by atoms with van der Waals surface area (Å²) in [7, 11) is 0. The van der Waals surface area contributed by atoms with Crippen LogP contribution in [-0.2, 0) is 0 Å². The topological polar surface area (TPSA) is 20.2 Å². The molecule has 0 spiro atoms. The van der Waals surface area contributed by atoms with Gasteiger partial charge in [0.1, 0.15) is 4.34 Å². The Morgan fingerprint density at radius 2 is 2.00 bits per heavy atom. The van der Waals surface area contributed by atoms with Gasteiger partial charge in [-0.25, -0.2) is 0 Å². The molecule has 1 N–H and O–H groups in total. The summed E-state index contributed by atoms with van der Waals surface area (Å²) in [5.41, 5.74) is 0.782. The molecule has 0 bridgehead atoms. The van der Waals surface area contributed by atoms with E-state index in [1.807, 2.05) is 0 Å². The van der Waals surface area contributed by atoms with Gasteiger partial charge in [-0.1, -0.05) is 43.0 Å². The number of aliphatic hydroxyl groups is 1. The average molecular weight is 265 g/mol. The molecule has 1 nitrogen and oxygen atoms in total. The number of hydrogen-bond donors (Lipinski definition) is 1. The molecular formula is C11H14Cl2OS. The third-order valence-corrected chi connectivity index (χ3v) is 4.90. The largest absolute Gasteiger partial charge is 0.388 e. The van der Waals surface area contributed by atoms with Gasteiger partial charge in [0.2, 0.25) is 0 Å². The van der Waals surface area contributed by atoms with Crippen LogP contribution in [0.3, 0.4) is 0 Å². The molecule has 0 saturated heterocycles. The summed E-state index contributed by atoms with van der Waals surface area (Å²) in [6.45, 7) is 2.13. The third-order valence-electron chi connectivity index (χ3n) is 3.38. The standard InChI is InChI=1S/C11H14Cl2OS/c1-11(4-2-3-5-11)9(14)7-6-8(12)15-10(7)13/h6,9,14H,2-5H2,1H3. The summed E-state index contributed by atoms with van der Waals surface area (Å²) in [6, 6.07) is 1.79. The predicted octanol–water partition coefficient (Wildman–Crippen LogP) is 4.67. The zero-order chi connectivity index (χ0) is 11.1. The van der Waals surface area contributed by atoms with Gasteiger partial charge in [0, 0.05) is 5.56 Å². The van der Waals surface area contributed by atoms with Crippen molar-refractivity contribution in [2.75, 3.05) is 0 Å². The van der Waals surface area contributed by atoms with E-state index in [1.165, 1.54) is 24.2 Å². The third kappa shape index (κ3) is 2.19. The van der Waals surface area contributed by atoms with Gasteiger partial charge in [0.15, 0.2) is 0 Å². The highest BCUT2D eigenvalue weighted by Crippen LogP contribution is 2.50. The number of hydrogen-bond acceptors (Lipinski definition) is 2. The zero-order valence-corrected chi connectivity index (χ0v) is 10.9. The van der Waals surface area contributed by atoms with E-state index in [-0.39, 0.29) is 5.41 Å². The minimum atomic E-state index is -0.476. The molecule has 84 valence electrons. The SMILES string of the molecule is CC1(C(O)c2cc(Cl)sc2Cl)CCCC1. The van der Waals surface area contributed by atoms with Gasteiger partial charge in [-0.3, -0.25) is 0 Å². The summed E-state index contributed by atoms with van der Waals surface area (Å²) in [4.78, 5) is 0. The van der Waals surface area contributed by atoms with Gasteiger partial charge in [0.05, 0.1) is 10.4 Å². The molecule has 1 aromatic rings. The molecule has 0 aromatic carbocycles. The Morgan fingerprint density at radius 1 is 1.40 bits per heavy atom. The molecule has 1 aliphatic carbocycles. The van der Waals surface area contributed by atoms with Gasteiger partial charge in [-0.15, -0.1) is 11.3 Å². The smallest absolute Gasteiger partial charge is 0.100 e. The van der Waals surface area contributed by atoms with Crippen LogP contribution < -0.4 is 0 Å². The van der Waals surface area contributed by atoms with Crippen molar-refractivity contribution in [2.24, 2.45) is 5.41 Å². The van der Waals surface area contributed by atoms with Crippen LogP contribution in [0.5, 0.6) is 0 Å². The molecule has 2 rings (SSSR count). The normalized spacial score (nSPS) is 21.9. The Kier molecular flexibility index (Phi) is 3.32.